The van der Waals surface area contributed by atoms with Gasteiger partial charge < -0.3 is 20.4 Å². The highest BCUT2D eigenvalue weighted by molar-refractivity contribution is 4.89. The van der Waals surface area contributed by atoms with Crippen molar-refractivity contribution in [3.8, 4) is 0 Å². The lowest BCUT2D eigenvalue weighted by molar-refractivity contribution is -0.158. The summed E-state index contributed by atoms with van der Waals surface area (Å²) in [5.74, 6) is 0. The van der Waals surface area contributed by atoms with Crippen molar-refractivity contribution in [3.05, 3.63) is 0 Å². The van der Waals surface area contributed by atoms with Crippen LogP contribution in [0.2, 0.25) is 0 Å². The van der Waals surface area contributed by atoms with E-state index in [1.807, 2.05) is 0 Å². The molecule has 0 saturated carbocycles. The number of rotatable bonds is 3. The van der Waals surface area contributed by atoms with Gasteiger partial charge in [-0.2, -0.15) is 0 Å². The van der Waals surface area contributed by atoms with E-state index in [-0.39, 0.29) is 0 Å². The molecular formula is C7H16O4. The van der Waals surface area contributed by atoms with E-state index in [1.54, 1.807) is 0 Å². The molecule has 0 saturated heterocycles. The van der Waals surface area contributed by atoms with Gasteiger partial charge in [-0.3, -0.25) is 0 Å². The largest absolute Gasteiger partial charge is 0.391 e. The van der Waals surface area contributed by atoms with E-state index >= 15 is 0 Å². The molecule has 0 bridgehead atoms. The van der Waals surface area contributed by atoms with Gasteiger partial charge in [0.1, 0.15) is 11.7 Å². The van der Waals surface area contributed by atoms with Crippen molar-refractivity contribution < 1.29 is 20.4 Å². The van der Waals surface area contributed by atoms with Crippen molar-refractivity contribution in [1.82, 2.24) is 0 Å². The van der Waals surface area contributed by atoms with Crippen molar-refractivity contribution in [2.24, 2.45) is 0 Å². The van der Waals surface area contributed by atoms with Crippen molar-refractivity contribution in [2.75, 3.05) is 0 Å². The highest BCUT2D eigenvalue weighted by Gasteiger charge is 2.37. The summed E-state index contributed by atoms with van der Waals surface area (Å²) in [5, 5.41) is 36.4. The predicted molar refractivity (Wildman–Crippen MR) is 40.0 cm³/mol. The second-order valence-electron chi connectivity index (χ2n) is 3.09. The zero-order chi connectivity index (χ0) is 9.23. The molecule has 0 aromatic rings. The molecule has 0 aliphatic carbocycles. The van der Waals surface area contributed by atoms with E-state index in [1.165, 1.54) is 20.8 Å². The summed E-state index contributed by atoms with van der Waals surface area (Å²) in [6.07, 6.45) is -3.46. The maximum atomic E-state index is 9.37. The lowest BCUT2D eigenvalue weighted by atomic mass is 9.90. The fourth-order valence-electron chi connectivity index (χ4n) is 0.735. The Bertz CT molecular complexity index is 120. The Morgan fingerprint density at radius 2 is 1.45 bits per heavy atom. The second kappa shape index (κ2) is 3.49. The second-order valence-corrected chi connectivity index (χ2v) is 3.09. The first-order chi connectivity index (χ1) is 4.80. The summed E-state index contributed by atoms with van der Waals surface area (Å²) in [4.78, 5) is 0. The monoisotopic (exact) mass is 164 g/mol. The fourth-order valence-corrected chi connectivity index (χ4v) is 0.735. The third-order valence-electron chi connectivity index (χ3n) is 1.90. The van der Waals surface area contributed by atoms with Gasteiger partial charge in [0, 0.05) is 0 Å². The van der Waals surface area contributed by atoms with Crippen molar-refractivity contribution in [2.45, 2.75) is 44.7 Å². The van der Waals surface area contributed by atoms with Gasteiger partial charge in [0.05, 0.1) is 12.2 Å². The molecule has 68 valence electrons. The van der Waals surface area contributed by atoms with Crippen LogP contribution in [0.15, 0.2) is 0 Å². The van der Waals surface area contributed by atoms with Gasteiger partial charge in [-0.1, -0.05) is 0 Å². The summed E-state index contributed by atoms with van der Waals surface area (Å²) in [6.45, 7) is 3.97. The minimum Gasteiger partial charge on any atom is -0.391 e. The summed E-state index contributed by atoms with van der Waals surface area (Å²) in [5.41, 5.74) is -1.66. The van der Waals surface area contributed by atoms with Crippen molar-refractivity contribution in [3.63, 3.8) is 0 Å². The average molecular weight is 164 g/mol. The van der Waals surface area contributed by atoms with Crippen LogP contribution in [0, 0.1) is 0 Å². The van der Waals surface area contributed by atoms with E-state index in [9.17, 15) is 5.11 Å². The van der Waals surface area contributed by atoms with Crippen LogP contribution in [0.25, 0.3) is 0 Å². The molecule has 0 rings (SSSR count). The van der Waals surface area contributed by atoms with Crippen molar-refractivity contribution >= 4 is 0 Å². The maximum Gasteiger partial charge on any atom is 0.116 e. The van der Waals surface area contributed by atoms with Gasteiger partial charge in [0.25, 0.3) is 0 Å². The SMILES string of the molecule is C[C@H](O)[C@@H](O)[C@@](C)(O)[C@@H](C)O. The topological polar surface area (TPSA) is 80.9 Å². The zero-order valence-electron chi connectivity index (χ0n) is 7.02. The molecule has 0 spiro atoms. The number of hydrogen-bond acceptors (Lipinski definition) is 4. The third kappa shape index (κ3) is 2.41. The molecule has 4 atom stereocenters. The molecule has 0 radical (unpaired) electrons. The number of aliphatic hydroxyl groups excluding tert-OH is 3. The van der Waals surface area contributed by atoms with Crippen LogP contribution in [0.4, 0.5) is 0 Å². The van der Waals surface area contributed by atoms with Gasteiger partial charge in [0.15, 0.2) is 0 Å². The molecule has 0 aliphatic rings. The number of aliphatic hydroxyl groups is 4. The first-order valence-electron chi connectivity index (χ1n) is 3.56. The van der Waals surface area contributed by atoms with E-state index < -0.39 is 23.9 Å². The maximum absolute atomic E-state index is 9.37. The Balaban J connectivity index is 4.29. The molecule has 0 aliphatic heterocycles. The highest BCUT2D eigenvalue weighted by atomic mass is 16.4. The lowest BCUT2D eigenvalue weighted by Gasteiger charge is -2.33. The van der Waals surface area contributed by atoms with Crippen molar-refractivity contribution in [1.29, 1.82) is 0 Å². The quantitative estimate of drug-likeness (QED) is 0.425. The van der Waals surface area contributed by atoms with Crippen LogP contribution < -0.4 is 0 Å². The van der Waals surface area contributed by atoms with Crippen LogP contribution in [-0.2, 0) is 0 Å². The third-order valence-corrected chi connectivity index (χ3v) is 1.90. The van der Waals surface area contributed by atoms with Crippen LogP contribution >= 0.6 is 0 Å². The van der Waals surface area contributed by atoms with E-state index in [4.69, 9.17) is 15.3 Å². The molecule has 4 heteroatoms. The van der Waals surface area contributed by atoms with Gasteiger partial charge in [-0.25, -0.2) is 0 Å². The standard InChI is InChI=1S/C7H16O4/c1-4(8)6(10)7(3,11)5(2)9/h4-6,8-11H,1-3H3/t4-,5+,6+,7-/m0/s1. The van der Waals surface area contributed by atoms with E-state index in [2.05, 4.69) is 0 Å². The predicted octanol–water partition coefficient (Wildman–Crippen LogP) is -1.14. The molecule has 0 unspecified atom stereocenters. The molecule has 0 amide bonds. The Labute approximate surface area is 66.1 Å². The van der Waals surface area contributed by atoms with Crippen LogP contribution in [0.3, 0.4) is 0 Å². The van der Waals surface area contributed by atoms with E-state index in [0.717, 1.165) is 0 Å². The molecule has 0 aromatic heterocycles. The van der Waals surface area contributed by atoms with Gasteiger partial charge >= 0.3 is 0 Å². The zero-order valence-corrected chi connectivity index (χ0v) is 7.02. The number of hydrogen-bond donors (Lipinski definition) is 4. The summed E-state index contributed by atoms with van der Waals surface area (Å²) in [7, 11) is 0. The Morgan fingerprint density at radius 3 is 1.55 bits per heavy atom. The average Bonchev–Trinajstić information content (AvgIpc) is 1.85. The van der Waals surface area contributed by atoms with Crippen LogP contribution in [0.1, 0.15) is 20.8 Å². The minimum atomic E-state index is -1.66. The molecule has 0 heterocycles. The summed E-state index contributed by atoms with van der Waals surface area (Å²) >= 11 is 0. The molecule has 0 aromatic carbocycles. The Morgan fingerprint density at radius 1 is 1.09 bits per heavy atom. The highest BCUT2D eigenvalue weighted by Crippen LogP contribution is 2.17. The normalized spacial score (nSPS) is 25.4. The smallest absolute Gasteiger partial charge is 0.116 e. The van der Waals surface area contributed by atoms with Crippen LogP contribution in [-0.4, -0.2) is 44.3 Å². The Kier molecular flexibility index (Phi) is 3.44. The Hall–Kier alpha value is -0.160. The lowest BCUT2D eigenvalue weighted by Crippen LogP contribution is -2.52. The van der Waals surface area contributed by atoms with Crippen LogP contribution in [0.5, 0.6) is 0 Å². The first-order valence-corrected chi connectivity index (χ1v) is 3.56. The minimum absolute atomic E-state index is 1.06. The summed E-state index contributed by atoms with van der Waals surface area (Å²) < 4.78 is 0. The molecule has 4 N–H and O–H groups in total. The molecule has 0 fully saturated rings. The first kappa shape index (κ1) is 10.8. The molecular weight excluding hydrogens is 148 g/mol. The van der Waals surface area contributed by atoms with Gasteiger partial charge in [-0.05, 0) is 20.8 Å². The van der Waals surface area contributed by atoms with Gasteiger partial charge in [-0.15, -0.1) is 0 Å². The van der Waals surface area contributed by atoms with Gasteiger partial charge in [0.2, 0.25) is 0 Å². The summed E-state index contributed by atoms with van der Waals surface area (Å²) in [6, 6.07) is 0. The molecule has 4 nitrogen and oxygen atoms in total. The fraction of sp³-hybridized carbons (Fsp3) is 1.00. The van der Waals surface area contributed by atoms with E-state index in [0.29, 0.717) is 0 Å². The molecule has 11 heavy (non-hydrogen) atoms.